The monoisotopic (exact) mass is 602 g/mol. The quantitative estimate of drug-likeness (QED) is 0.235. The molecule has 6 rings (SSSR count). The highest BCUT2D eigenvalue weighted by Gasteiger charge is 2.23. The number of nitrogens with zero attached hydrogens (tertiary/aromatic N) is 3. The zero-order valence-electron chi connectivity index (χ0n) is 23.1. The standard InChI is InChI=1S/C32H34N4O2S3/c1-24-6-11-29(12-7-24)41(38)35-18-16-34(17-19-35)15-14-32(37)33-27-9-13-31-30(23-27)36(20-21-39-31)40-28-10-8-25-4-2-3-5-26(25)22-28/h2-13,22-23H,14-21H2,1H3,(H,33,37). The van der Waals surface area contributed by atoms with E-state index >= 15 is 0 Å². The molecule has 41 heavy (non-hydrogen) atoms. The van der Waals surface area contributed by atoms with E-state index in [0.717, 1.165) is 54.7 Å². The van der Waals surface area contributed by atoms with Crippen LogP contribution in [0.5, 0.6) is 0 Å². The fraction of sp³-hybridized carbons (Fsp3) is 0.281. The second kappa shape index (κ2) is 13.0. The molecular weight excluding hydrogens is 569 g/mol. The van der Waals surface area contributed by atoms with E-state index in [1.54, 1.807) is 11.9 Å². The first-order valence-electron chi connectivity index (χ1n) is 14.0. The minimum absolute atomic E-state index is 0.0211. The third-order valence-electron chi connectivity index (χ3n) is 7.44. The summed E-state index contributed by atoms with van der Waals surface area (Å²) in [5.74, 6) is 1.05. The molecule has 0 saturated carbocycles. The maximum Gasteiger partial charge on any atom is 0.225 e. The van der Waals surface area contributed by atoms with E-state index in [2.05, 4.69) is 69.1 Å². The van der Waals surface area contributed by atoms with Crippen LogP contribution in [-0.4, -0.2) is 64.3 Å². The molecule has 6 nitrogen and oxygen atoms in total. The number of rotatable bonds is 8. The molecule has 1 fully saturated rings. The first kappa shape index (κ1) is 28.3. The summed E-state index contributed by atoms with van der Waals surface area (Å²) in [5, 5.41) is 5.61. The van der Waals surface area contributed by atoms with Gasteiger partial charge >= 0.3 is 0 Å². The summed E-state index contributed by atoms with van der Waals surface area (Å²) in [7, 11) is -1.14. The van der Waals surface area contributed by atoms with Crippen LogP contribution in [0.4, 0.5) is 11.4 Å². The number of benzene rings is 4. The Bertz CT molecular complexity index is 1550. The van der Waals surface area contributed by atoms with Gasteiger partial charge in [0.15, 0.2) is 0 Å². The Hall–Kier alpha value is -2.82. The minimum Gasteiger partial charge on any atom is -0.326 e. The molecule has 2 aliphatic heterocycles. The molecule has 0 radical (unpaired) electrons. The fourth-order valence-electron chi connectivity index (χ4n) is 5.12. The molecule has 1 amide bonds. The molecule has 4 aromatic carbocycles. The smallest absolute Gasteiger partial charge is 0.225 e. The van der Waals surface area contributed by atoms with E-state index in [1.165, 1.54) is 26.1 Å². The summed E-state index contributed by atoms with van der Waals surface area (Å²) in [4.78, 5) is 18.5. The first-order chi connectivity index (χ1) is 20.0. The van der Waals surface area contributed by atoms with E-state index in [9.17, 15) is 9.00 Å². The van der Waals surface area contributed by atoms with Gasteiger partial charge in [0.1, 0.15) is 11.0 Å². The van der Waals surface area contributed by atoms with Crippen molar-refractivity contribution >= 4 is 62.7 Å². The Balaban J connectivity index is 1.02. The maximum absolute atomic E-state index is 12.9. The Morgan fingerprint density at radius 1 is 0.902 bits per heavy atom. The van der Waals surface area contributed by atoms with Gasteiger partial charge in [-0.05, 0) is 72.1 Å². The van der Waals surface area contributed by atoms with Gasteiger partial charge in [0.2, 0.25) is 5.91 Å². The number of aryl methyl sites for hydroxylation is 1. The molecule has 1 N–H and O–H groups in total. The molecule has 0 aliphatic carbocycles. The molecule has 212 valence electrons. The highest BCUT2D eigenvalue weighted by molar-refractivity contribution is 8.02. The van der Waals surface area contributed by atoms with Crippen molar-refractivity contribution in [3.8, 4) is 0 Å². The van der Waals surface area contributed by atoms with Crippen LogP contribution in [0.25, 0.3) is 10.8 Å². The van der Waals surface area contributed by atoms with Gasteiger partial charge in [0.05, 0.1) is 10.6 Å². The normalized spacial score (nSPS) is 16.9. The van der Waals surface area contributed by atoms with Crippen LogP contribution < -0.4 is 9.62 Å². The number of hydrogen-bond donors (Lipinski definition) is 1. The molecule has 9 heteroatoms. The number of fused-ring (bicyclic) bond motifs is 2. The van der Waals surface area contributed by atoms with E-state index in [-0.39, 0.29) is 5.91 Å². The molecular formula is C32H34N4O2S3. The molecule has 0 aromatic heterocycles. The third kappa shape index (κ3) is 6.98. The van der Waals surface area contributed by atoms with Crippen LogP contribution in [0.2, 0.25) is 0 Å². The van der Waals surface area contributed by atoms with Gasteiger partial charge in [-0.3, -0.25) is 4.79 Å². The number of carbonyl (C=O) groups is 1. The average molecular weight is 603 g/mol. The number of piperazine rings is 1. The molecule has 4 aromatic rings. The lowest BCUT2D eigenvalue weighted by Crippen LogP contribution is -2.47. The predicted octanol–water partition coefficient (Wildman–Crippen LogP) is 6.44. The second-order valence-corrected chi connectivity index (χ2v) is 14.1. The topological polar surface area (TPSA) is 55.9 Å². The van der Waals surface area contributed by atoms with Crippen molar-refractivity contribution in [1.82, 2.24) is 9.21 Å². The van der Waals surface area contributed by atoms with Crippen LogP contribution in [0, 0.1) is 6.92 Å². The van der Waals surface area contributed by atoms with Gasteiger partial charge < -0.3 is 14.5 Å². The number of anilines is 2. The van der Waals surface area contributed by atoms with Crippen molar-refractivity contribution in [2.75, 3.05) is 54.6 Å². The van der Waals surface area contributed by atoms with Crippen molar-refractivity contribution in [2.24, 2.45) is 0 Å². The molecule has 2 heterocycles. The summed E-state index contributed by atoms with van der Waals surface area (Å²) >= 11 is 3.62. The summed E-state index contributed by atoms with van der Waals surface area (Å²) < 4.78 is 17.3. The van der Waals surface area contributed by atoms with E-state index in [0.29, 0.717) is 13.0 Å². The molecule has 2 aliphatic rings. The highest BCUT2D eigenvalue weighted by Crippen LogP contribution is 2.42. The van der Waals surface area contributed by atoms with Crippen LogP contribution in [0.1, 0.15) is 12.0 Å². The second-order valence-electron chi connectivity index (χ2n) is 10.4. The predicted molar refractivity (Wildman–Crippen MR) is 173 cm³/mol. The summed E-state index contributed by atoms with van der Waals surface area (Å²) in [6, 6.07) is 29.2. The zero-order valence-corrected chi connectivity index (χ0v) is 25.6. The van der Waals surface area contributed by atoms with Crippen molar-refractivity contribution in [2.45, 2.75) is 28.0 Å². The van der Waals surface area contributed by atoms with Crippen molar-refractivity contribution in [1.29, 1.82) is 0 Å². The van der Waals surface area contributed by atoms with Crippen LogP contribution in [0.3, 0.4) is 0 Å². The number of thioether (sulfide) groups is 1. The summed E-state index contributed by atoms with van der Waals surface area (Å²) in [5.41, 5.74) is 3.15. The Morgan fingerprint density at radius 2 is 1.68 bits per heavy atom. The van der Waals surface area contributed by atoms with Gasteiger partial charge in [-0.25, -0.2) is 8.51 Å². The first-order valence-corrected chi connectivity index (χ1v) is 16.9. The summed E-state index contributed by atoms with van der Waals surface area (Å²) in [6.07, 6.45) is 0.433. The molecule has 0 spiro atoms. The zero-order chi connectivity index (χ0) is 28.2. The van der Waals surface area contributed by atoms with Crippen molar-refractivity contribution < 1.29 is 9.00 Å². The third-order valence-corrected chi connectivity index (χ3v) is 11.1. The molecule has 1 saturated heterocycles. The number of carbonyl (C=O) groups excluding carboxylic acids is 1. The van der Waals surface area contributed by atoms with Gasteiger partial charge in [0.25, 0.3) is 0 Å². The van der Waals surface area contributed by atoms with Gasteiger partial charge in [-0.15, -0.1) is 11.8 Å². The number of hydrogen-bond acceptors (Lipinski definition) is 6. The Labute approximate surface area is 253 Å². The minimum atomic E-state index is -1.14. The van der Waals surface area contributed by atoms with Crippen molar-refractivity contribution in [3.05, 3.63) is 90.5 Å². The van der Waals surface area contributed by atoms with E-state index < -0.39 is 11.0 Å². The Kier molecular flexibility index (Phi) is 8.98. The van der Waals surface area contributed by atoms with Crippen LogP contribution in [-0.2, 0) is 15.8 Å². The molecule has 1 unspecified atom stereocenters. The van der Waals surface area contributed by atoms with Gasteiger partial charge in [0, 0.05) is 66.9 Å². The largest absolute Gasteiger partial charge is 0.326 e. The lowest BCUT2D eigenvalue weighted by Gasteiger charge is -2.33. The number of amides is 1. The SMILES string of the molecule is Cc1ccc(S(=O)N2CCN(CCC(=O)Nc3ccc4c(c3)N(Sc3ccc5ccccc5c3)CCS4)CC2)cc1. The van der Waals surface area contributed by atoms with Crippen LogP contribution in [0.15, 0.2) is 99.6 Å². The average Bonchev–Trinajstić information content (AvgIpc) is 3.00. The lowest BCUT2D eigenvalue weighted by atomic mass is 10.1. The molecule has 0 bridgehead atoms. The maximum atomic E-state index is 12.9. The molecule has 1 atom stereocenters. The van der Waals surface area contributed by atoms with Gasteiger partial charge in [-0.2, -0.15) is 0 Å². The van der Waals surface area contributed by atoms with Crippen molar-refractivity contribution in [3.63, 3.8) is 0 Å². The van der Waals surface area contributed by atoms with Crippen LogP contribution >= 0.6 is 23.7 Å². The highest BCUT2D eigenvalue weighted by atomic mass is 32.2. The summed E-state index contributed by atoms with van der Waals surface area (Å²) in [6.45, 7) is 6.75. The van der Waals surface area contributed by atoms with E-state index in [4.69, 9.17) is 0 Å². The Morgan fingerprint density at radius 3 is 2.49 bits per heavy atom. The number of nitrogens with one attached hydrogen (secondary N) is 1. The van der Waals surface area contributed by atoms with E-state index in [1.807, 2.05) is 53.3 Å². The van der Waals surface area contributed by atoms with Gasteiger partial charge in [-0.1, -0.05) is 48.0 Å². The fourth-order valence-corrected chi connectivity index (χ4v) is 8.43. The lowest BCUT2D eigenvalue weighted by molar-refractivity contribution is -0.116.